The van der Waals surface area contributed by atoms with Gasteiger partial charge in [-0.25, -0.2) is 8.78 Å². The minimum atomic E-state index is -1.20. The van der Waals surface area contributed by atoms with Crippen LogP contribution < -0.4 is 10.2 Å². The van der Waals surface area contributed by atoms with E-state index in [1.54, 1.807) is 74.9 Å². The molecule has 37 heavy (non-hydrogen) atoms. The van der Waals surface area contributed by atoms with Gasteiger partial charge in [0.1, 0.15) is 5.82 Å². The van der Waals surface area contributed by atoms with Crippen LogP contribution in [-0.4, -0.2) is 19.8 Å². The van der Waals surface area contributed by atoms with Crippen molar-refractivity contribution in [2.45, 2.75) is 33.3 Å². The number of fused-ring (bicyclic) bond motifs is 1. The highest BCUT2D eigenvalue weighted by Gasteiger charge is 2.21. The highest BCUT2D eigenvalue weighted by atomic mass is 19.1. The Kier molecular flexibility index (Phi) is 5.88. The van der Waals surface area contributed by atoms with Gasteiger partial charge in [0.2, 0.25) is 11.7 Å². The Morgan fingerprint density at radius 2 is 1.76 bits per heavy atom. The summed E-state index contributed by atoms with van der Waals surface area (Å²) in [6.45, 7) is 6.64. The number of nitrogens with zero attached hydrogens (tertiary/aromatic N) is 3. The lowest BCUT2D eigenvalue weighted by Gasteiger charge is -2.22. The Morgan fingerprint density at radius 1 is 1.00 bits per heavy atom. The van der Waals surface area contributed by atoms with Crippen molar-refractivity contribution in [1.29, 1.82) is 0 Å². The molecule has 0 saturated carbocycles. The van der Waals surface area contributed by atoms with Crippen molar-refractivity contribution in [3.63, 3.8) is 0 Å². The van der Waals surface area contributed by atoms with Crippen molar-refractivity contribution in [3.05, 3.63) is 99.7 Å². The molecule has 0 bridgehead atoms. The van der Waals surface area contributed by atoms with E-state index in [1.165, 1.54) is 6.07 Å². The second-order valence-electron chi connectivity index (χ2n) is 9.30. The third kappa shape index (κ3) is 4.61. The summed E-state index contributed by atoms with van der Waals surface area (Å²) in [7, 11) is 0. The first kappa shape index (κ1) is 24.3. The summed E-state index contributed by atoms with van der Waals surface area (Å²) in [5.74, 6) is -0.797. The van der Waals surface area contributed by atoms with Crippen molar-refractivity contribution < 1.29 is 23.1 Å². The molecule has 0 radical (unpaired) electrons. The number of hydrogen-bond acceptors (Lipinski definition) is 6. The summed E-state index contributed by atoms with van der Waals surface area (Å²) in [5.41, 5.74) is 1.21. The molecule has 0 unspecified atom stereocenters. The maximum absolute atomic E-state index is 14.5. The van der Waals surface area contributed by atoms with Crippen LogP contribution in [-0.2, 0) is 5.60 Å². The van der Waals surface area contributed by atoms with Crippen LogP contribution in [0.2, 0.25) is 0 Å². The molecule has 0 aliphatic heterocycles. The Labute approximate surface area is 210 Å². The third-order valence-corrected chi connectivity index (χ3v) is 6.01. The molecule has 2 heterocycles. The summed E-state index contributed by atoms with van der Waals surface area (Å²) in [5, 5.41) is 15.1. The number of pyridine rings is 1. The monoisotopic (exact) mass is 503 g/mol. The van der Waals surface area contributed by atoms with Crippen molar-refractivity contribution >= 4 is 10.9 Å². The summed E-state index contributed by atoms with van der Waals surface area (Å²) < 4.78 is 40.7. The maximum atomic E-state index is 14.5. The number of aromatic nitrogens is 3. The van der Waals surface area contributed by atoms with Crippen LogP contribution in [0.25, 0.3) is 28.0 Å². The van der Waals surface area contributed by atoms with E-state index in [0.29, 0.717) is 45.0 Å². The molecule has 0 fully saturated rings. The molecule has 0 amide bonds. The molecular formula is C28H23F2N3O4. The second-order valence-corrected chi connectivity index (χ2v) is 9.30. The molecule has 0 spiro atoms. The first-order valence-electron chi connectivity index (χ1n) is 11.5. The minimum absolute atomic E-state index is 0.159. The largest absolute Gasteiger partial charge is 0.452 e. The first-order chi connectivity index (χ1) is 17.5. The standard InChI is InChI=1S/C28H23F2N3O4/c1-15-14-33(22-11-17(5-8-20(22)26(15)34)27-31-16(2)37-32-27)23-12-18(28(3,4)35)6-9-25(23)36-24-10-7-19(29)13-21(24)30/h5-14,35H,1-4H3. The Hall–Kier alpha value is -4.37. The van der Waals surface area contributed by atoms with E-state index in [-0.39, 0.29) is 16.9 Å². The van der Waals surface area contributed by atoms with Crippen LogP contribution in [0.15, 0.2) is 70.1 Å². The maximum Gasteiger partial charge on any atom is 0.223 e. The van der Waals surface area contributed by atoms with Gasteiger partial charge in [0.05, 0.1) is 16.8 Å². The molecule has 7 nitrogen and oxygen atoms in total. The molecule has 2 aromatic heterocycles. The molecule has 3 aromatic carbocycles. The number of hydrogen-bond donors (Lipinski definition) is 1. The molecule has 9 heteroatoms. The predicted octanol–water partition coefficient (Wildman–Crippen LogP) is 5.96. The molecule has 0 atom stereocenters. The molecule has 0 aliphatic rings. The van der Waals surface area contributed by atoms with Gasteiger partial charge in [-0.15, -0.1) is 0 Å². The summed E-state index contributed by atoms with van der Waals surface area (Å²) in [6, 6.07) is 13.1. The van der Waals surface area contributed by atoms with Crippen molar-refractivity contribution in [2.24, 2.45) is 0 Å². The van der Waals surface area contributed by atoms with Gasteiger partial charge >= 0.3 is 0 Å². The molecule has 0 aliphatic carbocycles. The van der Waals surface area contributed by atoms with Crippen molar-refractivity contribution in [2.75, 3.05) is 0 Å². The van der Waals surface area contributed by atoms with E-state index in [2.05, 4.69) is 10.1 Å². The molecule has 5 rings (SSSR count). The highest BCUT2D eigenvalue weighted by Crippen LogP contribution is 2.35. The molecular weight excluding hydrogens is 480 g/mol. The fourth-order valence-corrected chi connectivity index (χ4v) is 4.06. The topological polar surface area (TPSA) is 90.4 Å². The SMILES string of the molecule is Cc1nc(-c2ccc3c(=O)c(C)cn(-c4cc(C(C)(C)O)ccc4Oc4ccc(F)cc4F)c3c2)no1. The van der Waals surface area contributed by atoms with E-state index >= 15 is 0 Å². The van der Waals surface area contributed by atoms with E-state index in [0.717, 1.165) is 12.1 Å². The van der Waals surface area contributed by atoms with E-state index in [4.69, 9.17) is 9.26 Å². The summed E-state index contributed by atoms with van der Waals surface area (Å²) in [4.78, 5) is 17.3. The fourth-order valence-electron chi connectivity index (χ4n) is 4.06. The van der Waals surface area contributed by atoms with Gasteiger partial charge in [-0.05, 0) is 62.7 Å². The van der Waals surface area contributed by atoms with Crippen LogP contribution in [0.1, 0.15) is 30.9 Å². The normalized spacial score (nSPS) is 11.8. The van der Waals surface area contributed by atoms with Gasteiger partial charge in [-0.3, -0.25) is 4.79 Å². The van der Waals surface area contributed by atoms with Crippen LogP contribution >= 0.6 is 0 Å². The van der Waals surface area contributed by atoms with E-state index in [1.807, 2.05) is 0 Å². The number of ether oxygens (including phenoxy) is 1. The first-order valence-corrected chi connectivity index (χ1v) is 11.5. The van der Waals surface area contributed by atoms with Crippen LogP contribution in [0.3, 0.4) is 0 Å². The lowest BCUT2D eigenvalue weighted by molar-refractivity contribution is 0.0785. The fraction of sp³-hybridized carbons (Fsp3) is 0.179. The van der Waals surface area contributed by atoms with Gasteiger partial charge < -0.3 is 18.9 Å². The lowest BCUT2D eigenvalue weighted by Crippen LogP contribution is -2.17. The minimum Gasteiger partial charge on any atom is -0.452 e. The zero-order valence-corrected chi connectivity index (χ0v) is 20.5. The number of benzene rings is 3. The third-order valence-electron chi connectivity index (χ3n) is 6.01. The van der Waals surface area contributed by atoms with Crippen LogP contribution in [0, 0.1) is 25.5 Å². The molecule has 5 aromatic rings. The average Bonchev–Trinajstić information content (AvgIpc) is 3.28. The summed E-state index contributed by atoms with van der Waals surface area (Å²) >= 11 is 0. The molecule has 0 saturated heterocycles. The van der Waals surface area contributed by atoms with E-state index < -0.39 is 17.2 Å². The highest BCUT2D eigenvalue weighted by molar-refractivity contribution is 5.85. The second kappa shape index (κ2) is 8.94. The smallest absolute Gasteiger partial charge is 0.223 e. The van der Waals surface area contributed by atoms with Gasteiger partial charge in [0, 0.05) is 35.7 Å². The number of rotatable bonds is 5. The lowest BCUT2D eigenvalue weighted by atomic mass is 9.97. The van der Waals surface area contributed by atoms with Gasteiger partial charge in [0.15, 0.2) is 22.7 Å². The van der Waals surface area contributed by atoms with Gasteiger partial charge in [-0.1, -0.05) is 17.3 Å². The number of aliphatic hydroxyl groups is 1. The average molecular weight is 504 g/mol. The summed E-state index contributed by atoms with van der Waals surface area (Å²) in [6.07, 6.45) is 1.65. The number of aryl methyl sites for hydroxylation is 2. The Bertz CT molecular complexity index is 1720. The Balaban J connectivity index is 1.78. The Morgan fingerprint density at radius 3 is 2.43 bits per heavy atom. The quantitative estimate of drug-likeness (QED) is 0.319. The van der Waals surface area contributed by atoms with Gasteiger partial charge in [0.25, 0.3) is 0 Å². The zero-order chi connectivity index (χ0) is 26.5. The van der Waals surface area contributed by atoms with Gasteiger partial charge in [-0.2, -0.15) is 4.98 Å². The van der Waals surface area contributed by atoms with Crippen LogP contribution in [0.4, 0.5) is 8.78 Å². The predicted molar refractivity (Wildman–Crippen MR) is 134 cm³/mol. The number of halogens is 2. The van der Waals surface area contributed by atoms with E-state index in [9.17, 15) is 18.7 Å². The zero-order valence-electron chi connectivity index (χ0n) is 20.5. The van der Waals surface area contributed by atoms with Crippen LogP contribution in [0.5, 0.6) is 11.5 Å². The molecule has 1 N–H and O–H groups in total. The van der Waals surface area contributed by atoms with Crippen molar-refractivity contribution in [3.8, 4) is 28.6 Å². The van der Waals surface area contributed by atoms with Crippen molar-refractivity contribution in [1.82, 2.24) is 14.7 Å². The molecule has 188 valence electrons.